The smallest absolute Gasteiger partial charge is 0.0107 e. The van der Waals surface area contributed by atoms with Crippen molar-refractivity contribution in [2.45, 2.75) is 33.6 Å². The minimum atomic E-state index is 0.886. The van der Waals surface area contributed by atoms with Gasteiger partial charge in [-0.25, -0.2) is 0 Å². The van der Waals surface area contributed by atoms with E-state index in [0.29, 0.717) is 0 Å². The summed E-state index contributed by atoms with van der Waals surface area (Å²) in [6.45, 7) is 11.6. The van der Waals surface area contributed by atoms with Gasteiger partial charge in [-0.05, 0) is 19.5 Å². The molecule has 80 valence electrons. The van der Waals surface area contributed by atoms with E-state index >= 15 is 0 Å². The molecule has 0 bridgehead atoms. The van der Waals surface area contributed by atoms with Crippen molar-refractivity contribution in [3.63, 3.8) is 0 Å². The van der Waals surface area contributed by atoms with Crippen LogP contribution in [0.15, 0.2) is 0 Å². The van der Waals surface area contributed by atoms with Crippen molar-refractivity contribution in [2.75, 3.05) is 33.2 Å². The summed E-state index contributed by atoms with van der Waals surface area (Å²) in [6.07, 6.45) is 2.62. The molecule has 0 atom stereocenters. The Labute approximate surface area is 83.7 Å². The second kappa shape index (κ2) is 8.52. The number of hydrogen-bond donors (Lipinski definition) is 1. The second-order valence-electron chi connectivity index (χ2n) is 3.68. The number of nitrogens with one attached hydrogen (secondary N) is 1. The first kappa shape index (κ1) is 12.9. The highest BCUT2D eigenvalue weighted by atomic mass is 15.1. The molecule has 13 heavy (non-hydrogen) atoms. The highest BCUT2D eigenvalue weighted by molar-refractivity contribution is 4.63. The maximum absolute atomic E-state index is 3.20. The molecule has 0 saturated carbocycles. The third-order valence-corrected chi connectivity index (χ3v) is 2.80. The standard InChI is InChI=1S/C11H26N2/c1-5-11(6-2)10-13(7-3)9-8-12-4/h11-12H,5-10H2,1-4H3. The molecule has 0 aliphatic heterocycles. The summed E-state index contributed by atoms with van der Waals surface area (Å²) < 4.78 is 0. The van der Waals surface area contributed by atoms with E-state index in [9.17, 15) is 0 Å². The summed E-state index contributed by atoms with van der Waals surface area (Å²) in [6, 6.07) is 0. The van der Waals surface area contributed by atoms with E-state index in [-0.39, 0.29) is 0 Å². The number of rotatable bonds is 8. The predicted molar refractivity (Wildman–Crippen MR) is 60.1 cm³/mol. The Morgan fingerprint density at radius 3 is 2.15 bits per heavy atom. The Kier molecular flexibility index (Phi) is 8.46. The third-order valence-electron chi connectivity index (χ3n) is 2.80. The van der Waals surface area contributed by atoms with Gasteiger partial charge in [0.25, 0.3) is 0 Å². The van der Waals surface area contributed by atoms with Gasteiger partial charge < -0.3 is 10.2 Å². The fourth-order valence-corrected chi connectivity index (χ4v) is 1.56. The van der Waals surface area contributed by atoms with Crippen LogP contribution >= 0.6 is 0 Å². The summed E-state index contributed by atoms with van der Waals surface area (Å²) in [5.74, 6) is 0.886. The first-order chi connectivity index (χ1) is 6.28. The van der Waals surface area contributed by atoms with Crippen LogP contribution in [-0.4, -0.2) is 38.1 Å². The zero-order valence-electron chi connectivity index (χ0n) is 9.77. The molecule has 0 aromatic carbocycles. The summed E-state index contributed by atoms with van der Waals surface area (Å²) in [5.41, 5.74) is 0. The van der Waals surface area contributed by atoms with Crippen molar-refractivity contribution in [3.05, 3.63) is 0 Å². The summed E-state index contributed by atoms with van der Waals surface area (Å²) in [5, 5.41) is 3.20. The fourth-order valence-electron chi connectivity index (χ4n) is 1.56. The van der Waals surface area contributed by atoms with Gasteiger partial charge in [0.2, 0.25) is 0 Å². The zero-order chi connectivity index (χ0) is 10.1. The number of hydrogen-bond acceptors (Lipinski definition) is 2. The molecule has 0 aromatic heterocycles. The molecule has 0 rings (SSSR count). The first-order valence-electron chi connectivity index (χ1n) is 5.65. The van der Waals surface area contributed by atoms with Crippen LogP contribution in [-0.2, 0) is 0 Å². The van der Waals surface area contributed by atoms with Gasteiger partial charge in [0.15, 0.2) is 0 Å². The molecular formula is C11H26N2. The first-order valence-corrected chi connectivity index (χ1v) is 5.65. The molecule has 0 amide bonds. The van der Waals surface area contributed by atoms with Crippen molar-refractivity contribution < 1.29 is 0 Å². The predicted octanol–water partition coefficient (Wildman–Crippen LogP) is 1.96. The zero-order valence-corrected chi connectivity index (χ0v) is 9.77. The van der Waals surface area contributed by atoms with Crippen LogP contribution in [0.3, 0.4) is 0 Å². The Balaban J connectivity index is 3.67. The van der Waals surface area contributed by atoms with E-state index in [1.165, 1.54) is 32.5 Å². The van der Waals surface area contributed by atoms with Crippen molar-refractivity contribution in [3.8, 4) is 0 Å². The van der Waals surface area contributed by atoms with E-state index in [1.807, 2.05) is 7.05 Å². The van der Waals surface area contributed by atoms with Crippen molar-refractivity contribution in [1.29, 1.82) is 0 Å². The lowest BCUT2D eigenvalue weighted by Gasteiger charge is -2.24. The monoisotopic (exact) mass is 186 g/mol. The SMILES string of the molecule is CCC(CC)CN(CC)CCNC. The fraction of sp³-hybridized carbons (Fsp3) is 1.00. The normalized spacial score (nSPS) is 11.5. The van der Waals surface area contributed by atoms with Gasteiger partial charge in [0.1, 0.15) is 0 Å². The van der Waals surface area contributed by atoms with Crippen LogP contribution in [0.4, 0.5) is 0 Å². The van der Waals surface area contributed by atoms with Gasteiger partial charge in [0, 0.05) is 19.6 Å². The van der Waals surface area contributed by atoms with Crippen LogP contribution in [0.5, 0.6) is 0 Å². The highest BCUT2D eigenvalue weighted by Crippen LogP contribution is 2.09. The van der Waals surface area contributed by atoms with Crippen LogP contribution in [0, 0.1) is 5.92 Å². The minimum Gasteiger partial charge on any atom is -0.318 e. The number of likely N-dealkylation sites (N-methyl/N-ethyl adjacent to an activating group) is 2. The summed E-state index contributed by atoms with van der Waals surface area (Å²) >= 11 is 0. The Morgan fingerprint density at radius 1 is 1.15 bits per heavy atom. The highest BCUT2D eigenvalue weighted by Gasteiger charge is 2.08. The molecule has 0 saturated heterocycles. The molecular weight excluding hydrogens is 160 g/mol. The van der Waals surface area contributed by atoms with E-state index in [0.717, 1.165) is 12.5 Å². The van der Waals surface area contributed by atoms with Crippen LogP contribution in [0.25, 0.3) is 0 Å². The second-order valence-corrected chi connectivity index (χ2v) is 3.68. The molecule has 2 nitrogen and oxygen atoms in total. The van der Waals surface area contributed by atoms with Crippen LogP contribution < -0.4 is 5.32 Å². The Hall–Kier alpha value is -0.0800. The number of nitrogens with zero attached hydrogens (tertiary/aromatic N) is 1. The molecule has 2 heteroatoms. The van der Waals surface area contributed by atoms with Crippen molar-refractivity contribution in [2.24, 2.45) is 5.92 Å². The van der Waals surface area contributed by atoms with E-state index in [1.54, 1.807) is 0 Å². The van der Waals surface area contributed by atoms with Gasteiger partial charge in [0.05, 0.1) is 0 Å². The van der Waals surface area contributed by atoms with E-state index in [2.05, 4.69) is 31.0 Å². The molecule has 1 N–H and O–H groups in total. The maximum atomic E-state index is 3.20. The lowest BCUT2D eigenvalue weighted by Crippen LogP contribution is -2.34. The van der Waals surface area contributed by atoms with Crippen molar-refractivity contribution in [1.82, 2.24) is 10.2 Å². The van der Waals surface area contributed by atoms with E-state index < -0.39 is 0 Å². The van der Waals surface area contributed by atoms with Gasteiger partial charge in [-0.15, -0.1) is 0 Å². The van der Waals surface area contributed by atoms with Gasteiger partial charge in [-0.3, -0.25) is 0 Å². The molecule has 0 fully saturated rings. The van der Waals surface area contributed by atoms with Gasteiger partial charge in [-0.2, -0.15) is 0 Å². The molecule has 0 radical (unpaired) electrons. The minimum absolute atomic E-state index is 0.886. The molecule has 0 heterocycles. The summed E-state index contributed by atoms with van der Waals surface area (Å²) in [7, 11) is 2.02. The van der Waals surface area contributed by atoms with Gasteiger partial charge in [-0.1, -0.05) is 33.6 Å². The summed E-state index contributed by atoms with van der Waals surface area (Å²) in [4.78, 5) is 2.54. The molecule has 0 spiro atoms. The van der Waals surface area contributed by atoms with Crippen molar-refractivity contribution >= 4 is 0 Å². The largest absolute Gasteiger partial charge is 0.318 e. The average molecular weight is 186 g/mol. The lowest BCUT2D eigenvalue weighted by molar-refractivity contribution is 0.235. The molecule has 0 unspecified atom stereocenters. The molecule has 0 aliphatic rings. The molecule has 0 aromatic rings. The lowest BCUT2D eigenvalue weighted by atomic mass is 10.0. The van der Waals surface area contributed by atoms with E-state index in [4.69, 9.17) is 0 Å². The Morgan fingerprint density at radius 2 is 1.77 bits per heavy atom. The molecule has 0 aliphatic carbocycles. The average Bonchev–Trinajstić information content (AvgIpc) is 2.19. The quantitative estimate of drug-likeness (QED) is 0.623. The van der Waals surface area contributed by atoms with Crippen LogP contribution in [0.2, 0.25) is 0 Å². The topological polar surface area (TPSA) is 15.3 Å². The third kappa shape index (κ3) is 6.05. The Bertz CT molecular complexity index is 100. The van der Waals surface area contributed by atoms with Crippen LogP contribution in [0.1, 0.15) is 33.6 Å². The maximum Gasteiger partial charge on any atom is 0.0107 e. The van der Waals surface area contributed by atoms with Gasteiger partial charge >= 0.3 is 0 Å².